The van der Waals surface area contributed by atoms with Gasteiger partial charge in [0.05, 0.1) is 11.8 Å². The Labute approximate surface area is 185 Å². The maximum absolute atomic E-state index is 12.6. The van der Waals surface area contributed by atoms with Gasteiger partial charge >= 0.3 is 0 Å². The topological polar surface area (TPSA) is 81.0 Å². The Bertz CT molecular complexity index is 1180. The highest BCUT2D eigenvalue weighted by Crippen LogP contribution is 2.41. The first-order valence-corrected chi connectivity index (χ1v) is 10.6. The van der Waals surface area contributed by atoms with Crippen molar-refractivity contribution >= 4 is 23.2 Å². The van der Waals surface area contributed by atoms with Gasteiger partial charge in [0.2, 0.25) is 0 Å². The molecule has 7 nitrogen and oxygen atoms in total. The van der Waals surface area contributed by atoms with E-state index >= 15 is 0 Å². The molecule has 1 aromatic heterocycles. The van der Waals surface area contributed by atoms with Crippen molar-refractivity contribution < 1.29 is 23.5 Å². The second kappa shape index (κ2) is 7.75. The van der Waals surface area contributed by atoms with Crippen molar-refractivity contribution in [2.45, 2.75) is 32.3 Å². The zero-order valence-corrected chi connectivity index (χ0v) is 18.0. The molecule has 2 amide bonds. The summed E-state index contributed by atoms with van der Waals surface area (Å²) >= 11 is 0. The van der Waals surface area contributed by atoms with Gasteiger partial charge in [-0.1, -0.05) is 12.1 Å². The number of para-hydroxylation sites is 1. The Morgan fingerprint density at radius 1 is 1.16 bits per heavy atom. The summed E-state index contributed by atoms with van der Waals surface area (Å²) in [4.78, 5) is 26.9. The third-order valence-corrected chi connectivity index (χ3v) is 5.69. The highest BCUT2D eigenvalue weighted by Gasteiger charge is 2.32. The van der Waals surface area contributed by atoms with Crippen molar-refractivity contribution in [3.8, 4) is 11.5 Å². The van der Waals surface area contributed by atoms with Crippen LogP contribution < -0.4 is 19.7 Å². The predicted molar refractivity (Wildman–Crippen MR) is 120 cm³/mol. The van der Waals surface area contributed by atoms with Crippen molar-refractivity contribution in [3.05, 3.63) is 71.7 Å². The molecule has 3 aromatic rings. The Morgan fingerprint density at radius 3 is 2.84 bits per heavy atom. The summed E-state index contributed by atoms with van der Waals surface area (Å²) in [5, 5.41) is 2.87. The molecular formula is C25H24N2O5. The van der Waals surface area contributed by atoms with Crippen LogP contribution in [-0.2, 0) is 17.6 Å². The quantitative estimate of drug-likeness (QED) is 0.653. The van der Waals surface area contributed by atoms with Crippen LogP contribution in [0.3, 0.4) is 0 Å². The van der Waals surface area contributed by atoms with E-state index in [0.717, 1.165) is 29.7 Å². The summed E-state index contributed by atoms with van der Waals surface area (Å²) in [5.41, 5.74) is 3.86. The third-order valence-electron chi connectivity index (χ3n) is 5.69. The van der Waals surface area contributed by atoms with Crippen LogP contribution in [0.25, 0.3) is 0 Å². The lowest BCUT2D eigenvalue weighted by molar-refractivity contribution is -0.118. The lowest BCUT2D eigenvalue weighted by Crippen LogP contribution is -2.28. The summed E-state index contributed by atoms with van der Waals surface area (Å²) < 4.78 is 16.8. The number of carbonyl (C=O) groups is 2. The number of rotatable bonds is 5. The highest BCUT2D eigenvalue weighted by atomic mass is 16.5. The number of amides is 2. The van der Waals surface area contributed by atoms with Crippen LogP contribution >= 0.6 is 0 Å². The molecule has 2 aliphatic rings. The first-order valence-electron chi connectivity index (χ1n) is 10.6. The van der Waals surface area contributed by atoms with E-state index in [-0.39, 0.29) is 24.0 Å². The molecule has 164 valence electrons. The minimum absolute atomic E-state index is 0.0940. The summed E-state index contributed by atoms with van der Waals surface area (Å²) in [5.74, 6) is 0.934. The third kappa shape index (κ3) is 3.82. The van der Waals surface area contributed by atoms with E-state index in [1.54, 1.807) is 17.0 Å². The fraction of sp³-hybridized carbons (Fsp3) is 0.280. The van der Waals surface area contributed by atoms with Crippen LogP contribution in [0, 0.1) is 0 Å². The molecule has 0 spiro atoms. The maximum atomic E-state index is 12.6. The average molecular weight is 432 g/mol. The number of fused-ring (bicyclic) bond motifs is 2. The molecule has 32 heavy (non-hydrogen) atoms. The number of carbonyl (C=O) groups excluding carboxylic acids is 2. The molecule has 3 heterocycles. The van der Waals surface area contributed by atoms with Gasteiger partial charge < -0.3 is 24.1 Å². The Hall–Kier alpha value is -3.74. The number of benzene rings is 2. The molecule has 1 N–H and O–H groups in total. The zero-order valence-electron chi connectivity index (χ0n) is 18.0. The average Bonchev–Trinajstić information content (AvgIpc) is 3.49. The summed E-state index contributed by atoms with van der Waals surface area (Å²) in [6, 6.07) is 13.0. The Kier molecular flexibility index (Phi) is 4.89. The molecule has 2 aromatic carbocycles. The largest absolute Gasteiger partial charge is 0.483 e. The van der Waals surface area contributed by atoms with Gasteiger partial charge in [-0.05, 0) is 56.2 Å². The van der Waals surface area contributed by atoms with E-state index in [4.69, 9.17) is 13.9 Å². The molecule has 2 aliphatic heterocycles. The van der Waals surface area contributed by atoms with Gasteiger partial charge in [0, 0.05) is 29.9 Å². The summed E-state index contributed by atoms with van der Waals surface area (Å²) in [6.45, 7) is 4.53. The van der Waals surface area contributed by atoms with Gasteiger partial charge in [-0.2, -0.15) is 0 Å². The lowest BCUT2D eigenvalue weighted by atomic mass is 10.0. The van der Waals surface area contributed by atoms with Crippen molar-refractivity contribution in [1.82, 2.24) is 0 Å². The van der Waals surface area contributed by atoms with Crippen LogP contribution in [0.5, 0.6) is 11.5 Å². The number of hydrogen-bond donors (Lipinski definition) is 1. The second-order valence-electron chi connectivity index (χ2n) is 8.68. The first-order chi connectivity index (χ1) is 15.4. The van der Waals surface area contributed by atoms with Crippen molar-refractivity contribution in [2.75, 3.05) is 23.4 Å². The molecule has 0 radical (unpaired) electrons. The predicted octanol–water partition coefficient (Wildman–Crippen LogP) is 4.21. The molecule has 0 atom stereocenters. The number of furan rings is 1. The SMILES string of the molecule is CC1(C)Cc2cccc(OCC(=O)Nc3ccc4c(c3)CCN4C(=O)c3ccoc3)c2O1. The number of ether oxygens (including phenoxy) is 2. The molecule has 5 rings (SSSR count). The smallest absolute Gasteiger partial charge is 0.262 e. The molecular weight excluding hydrogens is 408 g/mol. The van der Waals surface area contributed by atoms with E-state index < -0.39 is 0 Å². The van der Waals surface area contributed by atoms with E-state index in [0.29, 0.717) is 29.3 Å². The lowest BCUT2D eigenvalue weighted by Gasteiger charge is -2.18. The molecule has 0 bridgehead atoms. The van der Waals surface area contributed by atoms with Gasteiger partial charge in [-0.3, -0.25) is 9.59 Å². The van der Waals surface area contributed by atoms with E-state index in [1.807, 2.05) is 44.2 Å². The number of hydrogen-bond acceptors (Lipinski definition) is 5. The molecule has 0 saturated carbocycles. The monoisotopic (exact) mass is 432 g/mol. The van der Waals surface area contributed by atoms with Crippen LogP contribution in [0.1, 0.15) is 35.3 Å². The van der Waals surface area contributed by atoms with E-state index in [2.05, 4.69) is 5.32 Å². The summed E-state index contributed by atoms with van der Waals surface area (Å²) in [6.07, 6.45) is 4.47. The van der Waals surface area contributed by atoms with Crippen molar-refractivity contribution in [3.63, 3.8) is 0 Å². The van der Waals surface area contributed by atoms with Gasteiger partial charge in [0.1, 0.15) is 11.9 Å². The number of nitrogens with one attached hydrogen (secondary N) is 1. The Balaban J connectivity index is 1.22. The normalized spacial score (nSPS) is 15.6. The number of nitrogens with zero attached hydrogens (tertiary/aromatic N) is 1. The van der Waals surface area contributed by atoms with Gasteiger partial charge in [0.15, 0.2) is 18.1 Å². The molecule has 0 aliphatic carbocycles. The minimum atomic E-state index is -0.276. The fourth-order valence-electron chi connectivity index (χ4n) is 4.27. The van der Waals surface area contributed by atoms with Crippen molar-refractivity contribution in [1.29, 1.82) is 0 Å². The molecule has 0 fully saturated rings. The fourth-order valence-corrected chi connectivity index (χ4v) is 4.27. The van der Waals surface area contributed by atoms with Gasteiger partial charge in [-0.15, -0.1) is 0 Å². The van der Waals surface area contributed by atoms with E-state index in [9.17, 15) is 9.59 Å². The highest BCUT2D eigenvalue weighted by molar-refractivity contribution is 6.07. The van der Waals surface area contributed by atoms with Crippen LogP contribution in [0.15, 0.2) is 59.4 Å². The van der Waals surface area contributed by atoms with Crippen LogP contribution in [0.2, 0.25) is 0 Å². The van der Waals surface area contributed by atoms with Gasteiger partial charge in [-0.25, -0.2) is 0 Å². The standard InChI is InChI=1S/C25H24N2O5/c1-25(2)13-17-4-3-5-21(23(17)32-25)31-15-22(28)26-19-6-7-20-16(12-19)8-10-27(20)24(29)18-9-11-30-14-18/h3-7,9,11-12,14H,8,10,13,15H2,1-2H3,(H,26,28). The van der Waals surface area contributed by atoms with E-state index in [1.165, 1.54) is 12.5 Å². The van der Waals surface area contributed by atoms with Gasteiger partial charge in [0.25, 0.3) is 11.8 Å². The molecule has 0 unspecified atom stereocenters. The second-order valence-corrected chi connectivity index (χ2v) is 8.68. The molecule has 7 heteroatoms. The van der Waals surface area contributed by atoms with Crippen LogP contribution in [-0.4, -0.2) is 30.6 Å². The first kappa shape index (κ1) is 20.2. The number of anilines is 2. The summed E-state index contributed by atoms with van der Waals surface area (Å²) in [7, 11) is 0. The van der Waals surface area contributed by atoms with Crippen LogP contribution in [0.4, 0.5) is 11.4 Å². The zero-order chi connectivity index (χ0) is 22.3. The molecule has 0 saturated heterocycles. The van der Waals surface area contributed by atoms with Crippen molar-refractivity contribution in [2.24, 2.45) is 0 Å². The maximum Gasteiger partial charge on any atom is 0.262 e. The minimum Gasteiger partial charge on any atom is -0.483 e. The Morgan fingerprint density at radius 2 is 2.03 bits per heavy atom.